The van der Waals surface area contributed by atoms with Crippen molar-refractivity contribution in [2.75, 3.05) is 5.73 Å². The summed E-state index contributed by atoms with van der Waals surface area (Å²) < 4.78 is 0. The summed E-state index contributed by atoms with van der Waals surface area (Å²) in [7, 11) is 0. The number of hydrogen-bond acceptors (Lipinski definition) is 3. The van der Waals surface area contributed by atoms with E-state index in [2.05, 4.69) is 45.3 Å². The molecule has 0 aliphatic heterocycles. The van der Waals surface area contributed by atoms with E-state index in [1.807, 2.05) is 12.1 Å². The van der Waals surface area contributed by atoms with Crippen LogP contribution in [0.25, 0.3) is 33.1 Å². The van der Waals surface area contributed by atoms with Gasteiger partial charge in [-0.1, -0.05) is 25.5 Å². The van der Waals surface area contributed by atoms with Crippen molar-refractivity contribution >= 4 is 27.6 Å². The van der Waals surface area contributed by atoms with Gasteiger partial charge in [-0.2, -0.15) is 5.10 Å². The highest BCUT2D eigenvalue weighted by Gasteiger charge is 2.11. The first kappa shape index (κ1) is 12.9. The lowest BCUT2D eigenvalue weighted by molar-refractivity contribution is 0.896. The molecule has 4 rings (SSSR count). The second-order valence-electron chi connectivity index (χ2n) is 5.53. The van der Waals surface area contributed by atoms with Gasteiger partial charge in [0, 0.05) is 28.2 Å². The van der Waals surface area contributed by atoms with Crippen LogP contribution in [0.5, 0.6) is 0 Å². The number of nitrogens with one attached hydrogen (secondary N) is 2. The van der Waals surface area contributed by atoms with Gasteiger partial charge in [-0.15, -0.1) is 0 Å². The van der Waals surface area contributed by atoms with Crippen molar-refractivity contribution in [2.24, 2.45) is 0 Å². The molecule has 3 aromatic heterocycles. The summed E-state index contributed by atoms with van der Waals surface area (Å²) in [6.07, 6.45) is 3.86. The van der Waals surface area contributed by atoms with Gasteiger partial charge in [-0.05, 0) is 24.6 Å². The summed E-state index contributed by atoms with van der Waals surface area (Å²) in [5, 5.41) is 9.06. The Morgan fingerprint density at radius 3 is 2.82 bits per heavy atom. The predicted molar refractivity (Wildman–Crippen MR) is 89.6 cm³/mol. The highest BCUT2D eigenvalue weighted by atomic mass is 15.1. The van der Waals surface area contributed by atoms with E-state index in [9.17, 15) is 0 Å². The standard InChI is InChI=1S/C17H17N5/c1-2-3-11-9-13-16(20-11)12-5-4-10(14-6-7-19-22-14)8-15(12)21-17(13)18/h4-9,20H,2-3H2,1H3,(H2,18,21)(H,19,22). The summed E-state index contributed by atoms with van der Waals surface area (Å²) >= 11 is 0. The lowest BCUT2D eigenvalue weighted by Crippen LogP contribution is -1.92. The van der Waals surface area contributed by atoms with Gasteiger partial charge < -0.3 is 10.7 Å². The van der Waals surface area contributed by atoms with Crippen molar-refractivity contribution in [2.45, 2.75) is 19.8 Å². The lowest BCUT2D eigenvalue weighted by Gasteiger charge is -2.04. The molecular weight excluding hydrogens is 274 g/mol. The third-order valence-corrected chi connectivity index (χ3v) is 3.99. The Labute approximate surface area is 127 Å². The Morgan fingerprint density at radius 1 is 1.14 bits per heavy atom. The third kappa shape index (κ3) is 1.94. The van der Waals surface area contributed by atoms with Gasteiger partial charge in [0.25, 0.3) is 0 Å². The molecule has 0 fully saturated rings. The SMILES string of the molecule is CCCc1cc2c(N)nc3cc(-c4ccn[nH]4)ccc3c2[nH]1. The van der Waals surface area contributed by atoms with Crippen molar-refractivity contribution in [3.05, 3.63) is 42.2 Å². The number of fused-ring (bicyclic) bond motifs is 3. The fourth-order valence-electron chi connectivity index (χ4n) is 2.94. The normalized spacial score (nSPS) is 11.5. The molecule has 0 bridgehead atoms. The van der Waals surface area contributed by atoms with Crippen molar-refractivity contribution in [3.63, 3.8) is 0 Å². The van der Waals surface area contributed by atoms with Crippen LogP contribution in [0.2, 0.25) is 0 Å². The molecular formula is C17H17N5. The van der Waals surface area contributed by atoms with Crippen LogP contribution in [0.15, 0.2) is 36.5 Å². The van der Waals surface area contributed by atoms with Crippen LogP contribution in [-0.2, 0) is 6.42 Å². The molecule has 110 valence electrons. The third-order valence-electron chi connectivity index (χ3n) is 3.99. The molecule has 22 heavy (non-hydrogen) atoms. The first-order chi connectivity index (χ1) is 10.8. The molecule has 0 aliphatic carbocycles. The van der Waals surface area contributed by atoms with Crippen LogP contribution in [0.1, 0.15) is 19.0 Å². The summed E-state index contributed by atoms with van der Waals surface area (Å²) in [5.41, 5.74) is 11.3. The predicted octanol–water partition coefficient (Wildman–Crippen LogP) is 3.64. The average molecular weight is 291 g/mol. The van der Waals surface area contributed by atoms with Crippen LogP contribution < -0.4 is 5.73 Å². The van der Waals surface area contributed by atoms with E-state index in [0.717, 1.165) is 45.9 Å². The Morgan fingerprint density at radius 2 is 2.05 bits per heavy atom. The van der Waals surface area contributed by atoms with E-state index in [-0.39, 0.29) is 0 Å². The fraction of sp³-hybridized carbons (Fsp3) is 0.176. The molecule has 1 aromatic carbocycles. The average Bonchev–Trinajstić information content (AvgIpc) is 3.17. The second-order valence-corrected chi connectivity index (χ2v) is 5.53. The number of benzene rings is 1. The van der Waals surface area contributed by atoms with Gasteiger partial charge in [0.15, 0.2) is 0 Å². The summed E-state index contributed by atoms with van der Waals surface area (Å²) in [5.74, 6) is 0.572. The highest BCUT2D eigenvalue weighted by molar-refractivity contribution is 6.08. The number of pyridine rings is 1. The number of aromatic nitrogens is 4. The lowest BCUT2D eigenvalue weighted by atomic mass is 10.1. The molecule has 0 saturated heterocycles. The van der Waals surface area contributed by atoms with Crippen molar-refractivity contribution in [3.8, 4) is 11.3 Å². The molecule has 5 nitrogen and oxygen atoms in total. The Hall–Kier alpha value is -2.82. The number of aromatic amines is 2. The minimum Gasteiger partial charge on any atom is -0.383 e. The van der Waals surface area contributed by atoms with E-state index in [0.29, 0.717) is 5.82 Å². The number of H-pyrrole nitrogens is 2. The number of nitrogen functional groups attached to an aromatic ring is 1. The van der Waals surface area contributed by atoms with Gasteiger partial charge in [0.2, 0.25) is 0 Å². The molecule has 0 saturated carbocycles. The quantitative estimate of drug-likeness (QED) is 0.539. The number of nitrogens with two attached hydrogens (primary N) is 1. The zero-order chi connectivity index (χ0) is 15.1. The van der Waals surface area contributed by atoms with Crippen LogP contribution in [0, 0.1) is 0 Å². The maximum atomic E-state index is 6.15. The topological polar surface area (TPSA) is 83.4 Å². The molecule has 4 aromatic rings. The summed E-state index contributed by atoms with van der Waals surface area (Å²) in [6, 6.07) is 10.3. The van der Waals surface area contributed by atoms with Crippen LogP contribution in [0.4, 0.5) is 5.82 Å². The molecule has 3 heterocycles. The highest BCUT2D eigenvalue weighted by Crippen LogP contribution is 2.31. The van der Waals surface area contributed by atoms with Crippen LogP contribution in [0.3, 0.4) is 0 Å². The van der Waals surface area contributed by atoms with Gasteiger partial charge in [0.1, 0.15) is 5.82 Å². The van der Waals surface area contributed by atoms with Gasteiger partial charge in [0.05, 0.1) is 16.7 Å². The van der Waals surface area contributed by atoms with Crippen molar-refractivity contribution < 1.29 is 0 Å². The Bertz CT molecular complexity index is 950. The number of hydrogen-bond donors (Lipinski definition) is 3. The first-order valence-electron chi connectivity index (χ1n) is 7.47. The van der Waals surface area contributed by atoms with Gasteiger partial charge in [-0.25, -0.2) is 4.98 Å². The van der Waals surface area contributed by atoms with E-state index >= 15 is 0 Å². The van der Waals surface area contributed by atoms with Crippen molar-refractivity contribution in [1.82, 2.24) is 20.2 Å². The first-order valence-corrected chi connectivity index (χ1v) is 7.47. The van der Waals surface area contributed by atoms with Crippen molar-refractivity contribution in [1.29, 1.82) is 0 Å². The number of rotatable bonds is 3. The number of aryl methyl sites for hydroxylation is 1. The van der Waals surface area contributed by atoms with E-state index in [1.165, 1.54) is 5.69 Å². The Balaban J connectivity index is 1.96. The minimum atomic E-state index is 0.572. The van der Waals surface area contributed by atoms with E-state index < -0.39 is 0 Å². The van der Waals surface area contributed by atoms with Gasteiger partial charge >= 0.3 is 0 Å². The number of anilines is 1. The largest absolute Gasteiger partial charge is 0.383 e. The molecule has 5 heteroatoms. The second kappa shape index (κ2) is 4.87. The minimum absolute atomic E-state index is 0.572. The number of nitrogens with zero attached hydrogens (tertiary/aromatic N) is 2. The van der Waals surface area contributed by atoms with E-state index in [1.54, 1.807) is 6.20 Å². The molecule has 0 spiro atoms. The molecule has 0 amide bonds. The van der Waals surface area contributed by atoms with Crippen LogP contribution in [-0.4, -0.2) is 20.2 Å². The maximum Gasteiger partial charge on any atom is 0.133 e. The molecule has 0 atom stereocenters. The summed E-state index contributed by atoms with van der Waals surface area (Å²) in [4.78, 5) is 8.07. The zero-order valence-electron chi connectivity index (χ0n) is 12.4. The van der Waals surface area contributed by atoms with Crippen LogP contribution >= 0.6 is 0 Å². The molecule has 4 N–H and O–H groups in total. The monoisotopic (exact) mass is 291 g/mol. The molecule has 0 radical (unpaired) electrons. The maximum absolute atomic E-state index is 6.15. The van der Waals surface area contributed by atoms with E-state index in [4.69, 9.17) is 5.73 Å². The smallest absolute Gasteiger partial charge is 0.133 e. The summed E-state index contributed by atoms with van der Waals surface area (Å²) in [6.45, 7) is 2.17. The van der Waals surface area contributed by atoms with Gasteiger partial charge in [-0.3, -0.25) is 5.10 Å². The Kier molecular flexibility index (Phi) is 2.85. The zero-order valence-corrected chi connectivity index (χ0v) is 12.4. The fourth-order valence-corrected chi connectivity index (χ4v) is 2.94. The molecule has 0 unspecified atom stereocenters. The molecule has 0 aliphatic rings.